The van der Waals surface area contributed by atoms with Crippen molar-refractivity contribution in [1.29, 1.82) is 0 Å². The molecule has 2 aromatic rings. The molecule has 3 rings (SSSR count). The van der Waals surface area contributed by atoms with E-state index in [2.05, 4.69) is 0 Å². The molecule has 0 atom stereocenters. The largest absolute Gasteiger partial charge is 0.469 e. The smallest absolute Gasteiger partial charge is 0.308 e. The molecule has 1 heterocycles. The van der Waals surface area contributed by atoms with Crippen molar-refractivity contribution in [3.8, 4) is 0 Å². The summed E-state index contributed by atoms with van der Waals surface area (Å²) in [4.78, 5) is 27.2. The molecule has 1 aliphatic rings. The summed E-state index contributed by atoms with van der Waals surface area (Å²) >= 11 is 13.8. The Bertz CT molecular complexity index is 866. The van der Waals surface area contributed by atoms with Crippen molar-refractivity contribution in [2.45, 2.75) is 23.5 Å². The van der Waals surface area contributed by atoms with Gasteiger partial charge in [-0.2, -0.15) is 0 Å². The van der Waals surface area contributed by atoms with Crippen molar-refractivity contribution in [2.24, 2.45) is 5.92 Å². The third-order valence-electron chi connectivity index (χ3n) is 4.78. The highest BCUT2D eigenvalue weighted by molar-refractivity contribution is 7.98. The van der Waals surface area contributed by atoms with E-state index < -0.39 is 0 Å². The molecule has 0 unspecified atom stereocenters. The van der Waals surface area contributed by atoms with Crippen LogP contribution >= 0.6 is 35.0 Å². The average molecular weight is 438 g/mol. The van der Waals surface area contributed by atoms with Crippen LogP contribution in [0.4, 0.5) is 0 Å². The Balaban J connectivity index is 1.62. The van der Waals surface area contributed by atoms with Crippen LogP contribution in [-0.4, -0.2) is 37.0 Å². The molecule has 4 nitrogen and oxygen atoms in total. The maximum atomic E-state index is 12.8. The van der Waals surface area contributed by atoms with Crippen LogP contribution in [-0.2, 0) is 15.3 Å². The van der Waals surface area contributed by atoms with E-state index in [1.807, 2.05) is 30.3 Å². The van der Waals surface area contributed by atoms with Gasteiger partial charge in [0.1, 0.15) is 0 Å². The van der Waals surface area contributed by atoms with E-state index >= 15 is 0 Å². The van der Waals surface area contributed by atoms with Gasteiger partial charge >= 0.3 is 5.97 Å². The molecule has 2 aromatic carbocycles. The molecule has 0 saturated carbocycles. The predicted molar refractivity (Wildman–Crippen MR) is 113 cm³/mol. The predicted octanol–water partition coefficient (Wildman–Crippen LogP) is 5.31. The van der Waals surface area contributed by atoms with Gasteiger partial charge in [-0.3, -0.25) is 9.59 Å². The molecule has 0 N–H and O–H groups in total. The Morgan fingerprint density at radius 3 is 2.61 bits per heavy atom. The third-order valence-corrected chi connectivity index (χ3v) is 6.58. The molecule has 1 saturated heterocycles. The first-order chi connectivity index (χ1) is 13.5. The molecule has 0 spiro atoms. The fraction of sp³-hybridized carbons (Fsp3) is 0.333. The number of hydrogen-bond donors (Lipinski definition) is 0. The number of benzene rings is 2. The van der Waals surface area contributed by atoms with Crippen molar-refractivity contribution in [2.75, 3.05) is 20.2 Å². The average Bonchev–Trinajstić information content (AvgIpc) is 2.73. The Labute approximate surface area is 179 Å². The number of esters is 1. The van der Waals surface area contributed by atoms with Gasteiger partial charge in [0, 0.05) is 34.3 Å². The van der Waals surface area contributed by atoms with Gasteiger partial charge in [-0.15, -0.1) is 11.8 Å². The standard InChI is InChI=1S/C21H21Cl2NO3S/c1-27-21(26)15-7-9-24(10-8-15)20(25)16-4-2-3-14(11-16)13-28-19-12-17(22)5-6-18(19)23/h2-6,11-12,15H,7-10,13H2,1H3. The van der Waals surface area contributed by atoms with Crippen molar-refractivity contribution in [1.82, 2.24) is 4.90 Å². The molecule has 1 fully saturated rings. The molecule has 1 aliphatic heterocycles. The minimum Gasteiger partial charge on any atom is -0.469 e. The molecule has 0 aliphatic carbocycles. The first kappa shape index (κ1) is 21.0. The molecule has 0 radical (unpaired) electrons. The van der Waals surface area contributed by atoms with Gasteiger partial charge in [0.15, 0.2) is 0 Å². The number of nitrogens with zero attached hydrogens (tertiary/aromatic N) is 1. The zero-order chi connectivity index (χ0) is 20.1. The van der Waals surface area contributed by atoms with E-state index in [-0.39, 0.29) is 17.8 Å². The number of ether oxygens (including phenoxy) is 1. The van der Waals surface area contributed by atoms with Crippen LogP contribution < -0.4 is 0 Å². The van der Waals surface area contributed by atoms with Crippen LogP contribution in [0.2, 0.25) is 10.0 Å². The van der Waals surface area contributed by atoms with Gasteiger partial charge in [0.2, 0.25) is 0 Å². The Hall–Kier alpha value is -1.69. The van der Waals surface area contributed by atoms with E-state index in [1.54, 1.807) is 28.8 Å². The van der Waals surface area contributed by atoms with Crippen molar-refractivity contribution in [3.05, 3.63) is 63.6 Å². The number of hydrogen-bond acceptors (Lipinski definition) is 4. The number of halogens is 2. The van der Waals surface area contributed by atoms with E-state index in [1.165, 1.54) is 7.11 Å². The van der Waals surface area contributed by atoms with Gasteiger partial charge in [0.25, 0.3) is 5.91 Å². The summed E-state index contributed by atoms with van der Waals surface area (Å²) in [5, 5.41) is 1.31. The number of methoxy groups -OCH3 is 1. The maximum Gasteiger partial charge on any atom is 0.308 e. The Morgan fingerprint density at radius 1 is 1.14 bits per heavy atom. The van der Waals surface area contributed by atoms with Gasteiger partial charge in [-0.1, -0.05) is 35.3 Å². The number of piperidine rings is 1. The molecular weight excluding hydrogens is 417 g/mol. The third kappa shape index (κ3) is 5.22. The van der Waals surface area contributed by atoms with Crippen LogP contribution in [0.25, 0.3) is 0 Å². The topological polar surface area (TPSA) is 46.6 Å². The highest BCUT2D eigenvalue weighted by atomic mass is 35.5. The first-order valence-corrected chi connectivity index (χ1v) is 10.8. The highest BCUT2D eigenvalue weighted by Gasteiger charge is 2.28. The summed E-state index contributed by atoms with van der Waals surface area (Å²) in [6.07, 6.45) is 1.28. The highest BCUT2D eigenvalue weighted by Crippen LogP contribution is 2.32. The van der Waals surface area contributed by atoms with E-state index in [4.69, 9.17) is 27.9 Å². The Kier molecular flexibility index (Phi) is 7.27. The second-order valence-corrected chi connectivity index (χ2v) is 8.51. The maximum absolute atomic E-state index is 12.8. The molecule has 7 heteroatoms. The minimum atomic E-state index is -0.189. The first-order valence-electron chi connectivity index (χ1n) is 9.02. The van der Waals surface area contributed by atoms with Crippen LogP contribution in [0.1, 0.15) is 28.8 Å². The van der Waals surface area contributed by atoms with Gasteiger partial charge in [0.05, 0.1) is 18.1 Å². The molecule has 0 aromatic heterocycles. The summed E-state index contributed by atoms with van der Waals surface area (Å²) in [7, 11) is 1.40. The summed E-state index contributed by atoms with van der Waals surface area (Å²) < 4.78 is 4.80. The monoisotopic (exact) mass is 437 g/mol. The van der Waals surface area contributed by atoms with Crippen LogP contribution in [0.15, 0.2) is 47.4 Å². The zero-order valence-electron chi connectivity index (χ0n) is 15.5. The van der Waals surface area contributed by atoms with Crippen molar-refractivity contribution < 1.29 is 14.3 Å². The number of rotatable bonds is 5. The van der Waals surface area contributed by atoms with Gasteiger partial charge in [-0.05, 0) is 48.7 Å². The lowest BCUT2D eigenvalue weighted by atomic mass is 9.96. The fourth-order valence-corrected chi connectivity index (χ4v) is 4.65. The quantitative estimate of drug-likeness (QED) is 0.469. The zero-order valence-corrected chi connectivity index (χ0v) is 17.8. The Morgan fingerprint density at radius 2 is 1.89 bits per heavy atom. The second-order valence-electron chi connectivity index (χ2n) is 6.65. The normalized spacial score (nSPS) is 14.8. The summed E-state index contributed by atoms with van der Waals surface area (Å²) in [6, 6.07) is 13.0. The molecule has 148 valence electrons. The van der Waals surface area contributed by atoms with Gasteiger partial charge in [-0.25, -0.2) is 0 Å². The van der Waals surface area contributed by atoms with Crippen molar-refractivity contribution in [3.63, 3.8) is 0 Å². The number of likely N-dealkylation sites (tertiary alicyclic amines) is 1. The summed E-state index contributed by atoms with van der Waals surface area (Å²) in [5.74, 6) is 0.381. The van der Waals surface area contributed by atoms with E-state index in [0.717, 1.165) is 10.5 Å². The lowest BCUT2D eigenvalue weighted by Crippen LogP contribution is -2.40. The van der Waals surface area contributed by atoms with E-state index in [9.17, 15) is 9.59 Å². The summed E-state index contributed by atoms with van der Waals surface area (Å²) in [6.45, 7) is 1.13. The minimum absolute atomic E-state index is 0.00375. The second kappa shape index (κ2) is 9.68. The molecule has 28 heavy (non-hydrogen) atoms. The molecule has 0 bridgehead atoms. The molecular formula is C21H21Cl2NO3S. The SMILES string of the molecule is COC(=O)C1CCN(C(=O)c2cccc(CSc3cc(Cl)ccc3Cl)c2)CC1. The number of carbonyl (C=O) groups excluding carboxylic acids is 2. The van der Waals surface area contributed by atoms with Crippen LogP contribution in [0, 0.1) is 5.92 Å². The molecule has 1 amide bonds. The van der Waals surface area contributed by atoms with Crippen molar-refractivity contribution >= 4 is 46.8 Å². The van der Waals surface area contributed by atoms with Crippen LogP contribution in [0.5, 0.6) is 0 Å². The number of carbonyl (C=O) groups is 2. The van der Waals surface area contributed by atoms with Crippen LogP contribution in [0.3, 0.4) is 0 Å². The van der Waals surface area contributed by atoms with E-state index in [0.29, 0.717) is 47.3 Å². The summed E-state index contributed by atoms with van der Waals surface area (Å²) in [5.41, 5.74) is 1.70. The lowest BCUT2D eigenvalue weighted by Gasteiger charge is -2.30. The fourth-order valence-electron chi connectivity index (χ4n) is 3.21. The number of amides is 1. The van der Waals surface area contributed by atoms with Gasteiger partial charge < -0.3 is 9.64 Å². The number of thioether (sulfide) groups is 1. The lowest BCUT2D eigenvalue weighted by molar-refractivity contribution is -0.146.